The van der Waals surface area contributed by atoms with Crippen LogP contribution in [-0.2, 0) is 0 Å². The van der Waals surface area contributed by atoms with E-state index in [2.05, 4.69) is 0 Å². The minimum absolute atomic E-state index is 0.0354. The van der Waals surface area contributed by atoms with Crippen LogP contribution in [0, 0.1) is 12.8 Å². The highest BCUT2D eigenvalue weighted by atomic mass is 16.3. The average Bonchev–Trinajstić information content (AvgIpc) is 2.41. The molecule has 4 heteroatoms. The fourth-order valence-electron chi connectivity index (χ4n) is 2.58. The number of aliphatic hydroxyl groups is 1. The molecule has 1 aromatic carbocycles. The molecule has 0 saturated carbocycles. The number of aliphatic hydroxyl groups excluding tert-OH is 1. The quantitative estimate of drug-likeness (QED) is 0.857. The first-order chi connectivity index (χ1) is 8.99. The van der Waals surface area contributed by atoms with Gasteiger partial charge in [0.15, 0.2) is 0 Å². The lowest BCUT2D eigenvalue weighted by Crippen LogP contribution is -2.40. The highest BCUT2D eigenvalue weighted by molar-refractivity contribution is 5.97. The van der Waals surface area contributed by atoms with Crippen molar-refractivity contribution in [2.75, 3.05) is 13.1 Å². The molecule has 1 atom stereocenters. The lowest BCUT2D eigenvalue weighted by Gasteiger charge is -2.33. The summed E-state index contributed by atoms with van der Waals surface area (Å²) in [4.78, 5) is 14.1. The number of amides is 1. The minimum Gasteiger partial charge on any atom is -0.507 e. The van der Waals surface area contributed by atoms with E-state index in [-0.39, 0.29) is 23.7 Å². The maximum Gasteiger partial charge on any atom is 0.257 e. The second-order valence-electron chi connectivity index (χ2n) is 5.39. The molecule has 1 aliphatic heterocycles. The van der Waals surface area contributed by atoms with Crippen molar-refractivity contribution in [1.82, 2.24) is 4.90 Å². The molecule has 4 nitrogen and oxygen atoms in total. The highest BCUT2D eigenvalue weighted by Crippen LogP contribution is 2.25. The van der Waals surface area contributed by atoms with E-state index in [1.807, 2.05) is 6.92 Å². The van der Waals surface area contributed by atoms with Crippen molar-refractivity contribution >= 4 is 5.91 Å². The van der Waals surface area contributed by atoms with Crippen molar-refractivity contribution < 1.29 is 15.0 Å². The number of aryl methyl sites for hydroxylation is 1. The number of rotatable bonds is 2. The van der Waals surface area contributed by atoms with Crippen molar-refractivity contribution in [3.63, 3.8) is 0 Å². The molecular weight excluding hydrogens is 242 g/mol. The number of phenols is 1. The van der Waals surface area contributed by atoms with Crippen LogP contribution in [0.3, 0.4) is 0 Å². The molecule has 2 N–H and O–H groups in total. The maximum absolute atomic E-state index is 12.4. The van der Waals surface area contributed by atoms with Gasteiger partial charge in [0.1, 0.15) is 5.75 Å². The van der Waals surface area contributed by atoms with Gasteiger partial charge in [0.2, 0.25) is 0 Å². The molecule has 1 fully saturated rings. The zero-order valence-electron chi connectivity index (χ0n) is 11.5. The van der Waals surface area contributed by atoms with E-state index in [4.69, 9.17) is 0 Å². The van der Waals surface area contributed by atoms with Crippen molar-refractivity contribution in [3.05, 3.63) is 29.3 Å². The Morgan fingerprint density at radius 3 is 2.58 bits per heavy atom. The van der Waals surface area contributed by atoms with Gasteiger partial charge >= 0.3 is 0 Å². The molecule has 0 spiro atoms. The molecule has 1 saturated heterocycles. The predicted octanol–water partition coefficient (Wildman–Crippen LogP) is 1.93. The Bertz CT molecular complexity index is 462. The predicted molar refractivity (Wildman–Crippen MR) is 73.2 cm³/mol. The number of nitrogens with zero attached hydrogens (tertiary/aromatic N) is 1. The van der Waals surface area contributed by atoms with E-state index >= 15 is 0 Å². The topological polar surface area (TPSA) is 60.8 Å². The van der Waals surface area contributed by atoms with Gasteiger partial charge in [-0.25, -0.2) is 0 Å². The summed E-state index contributed by atoms with van der Waals surface area (Å²) in [6, 6.07) is 5.06. The number of aromatic hydroxyl groups is 1. The summed E-state index contributed by atoms with van der Waals surface area (Å²) < 4.78 is 0. The van der Waals surface area contributed by atoms with Gasteiger partial charge in [-0.15, -0.1) is 0 Å². The molecule has 1 aromatic rings. The number of hydrogen-bond donors (Lipinski definition) is 2. The molecule has 0 bridgehead atoms. The van der Waals surface area contributed by atoms with E-state index in [0.717, 1.165) is 18.4 Å². The fourth-order valence-corrected chi connectivity index (χ4v) is 2.58. The van der Waals surface area contributed by atoms with Gasteiger partial charge in [-0.2, -0.15) is 0 Å². The van der Waals surface area contributed by atoms with Crippen LogP contribution in [0.15, 0.2) is 18.2 Å². The number of piperidine rings is 1. The molecule has 1 heterocycles. The number of hydrogen-bond acceptors (Lipinski definition) is 3. The summed E-state index contributed by atoms with van der Waals surface area (Å²) in [5.41, 5.74) is 1.33. The van der Waals surface area contributed by atoms with Crippen LogP contribution in [0.5, 0.6) is 5.75 Å². The zero-order chi connectivity index (χ0) is 14.0. The van der Waals surface area contributed by atoms with Crippen LogP contribution in [0.2, 0.25) is 0 Å². The first-order valence-electron chi connectivity index (χ1n) is 6.76. The lowest BCUT2D eigenvalue weighted by molar-refractivity contribution is 0.0519. The van der Waals surface area contributed by atoms with Crippen LogP contribution in [0.4, 0.5) is 0 Å². The molecular formula is C15H21NO3. The Morgan fingerprint density at radius 2 is 2.00 bits per heavy atom. The van der Waals surface area contributed by atoms with E-state index in [1.165, 1.54) is 0 Å². The van der Waals surface area contributed by atoms with Crippen LogP contribution in [0.25, 0.3) is 0 Å². The minimum atomic E-state index is -0.315. The van der Waals surface area contributed by atoms with Crippen molar-refractivity contribution in [2.45, 2.75) is 32.8 Å². The summed E-state index contributed by atoms with van der Waals surface area (Å²) >= 11 is 0. The van der Waals surface area contributed by atoms with Gasteiger partial charge < -0.3 is 15.1 Å². The Labute approximate surface area is 113 Å². The van der Waals surface area contributed by atoms with Gasteiger partial charge in [-0.05, 0) is 44.7 Å². The Kier molecular flexibility index (Phi) is 4.10. The van der Waals surface area contributed by atoms with Crippen LogP contribution < -0.4 is 0 Å². The van der Waals surface area contributed by atoms with E-state index in [1.54, 1.807) is 30.0 Å². The number of carbonyl (C=O) groups excluding carboxylic acids is 1. The van der Waals surface area contributed by atoms with Crippen LogP contribution in [0.1, 0.15) is 35.7 Å². The maximum atomic E-state index is 12.4. The first kappa shape index (κ1) is 13.9. The van der Waals surface area contributed by atoms with Gasteiger partial charge in [0, 0.05) is 13.1 Å². The summed E-state index contributed by atoms with van der Waals surface area (Å²) in [6.45, 7) is 4.98. The van der Waals surface area contributed by atoms with Crippen molar-refractivity contribution in [1.29, 1.82) is 0 Å². The standard InChI is InChI=1S/C15H21NO3/c1-10-3-4-14(18)13(9-10)15(19)16-7-5-12(6-8-16)11(2)17/h3-4,9,11-12,17-18H,5-8H2,1-2H3. The summed E-state index contributed by atoms with van der Waals surface area (Å²) in [7, 11) is 0. The van der Waals surface area contributed by atoms with Crippen LogP contribution >= 0.6 is 0 Å². The third-order valence-corrected chi connectivity index (χ3v) is 3.89. The molecule has 1 aliphatic rings. The molecule has 1 amide bonds. The zero-order valence-corrected chi connectivity index (χ0v) is 11.5. The second-order valence-corrected chi connectivity index (χ2v) is 5.39. The van der Waals surface area contributed by atoms with Gasteiger partial charge in [-0.3, -0.25) is 4.79 Å². The number of likely N-dealkylation sites (tertiary alicyclic amines) is 1. The van der Waals surface area contributed by atoms with E-state index < -0.39 is 0 Å². The van der Waals surface area contributed by atoms with E-state index in [9.17, 15) is 15.0 Å². The summed E-state index contributed by atoms with van der Waals surface area (Å²) in [5, 5.41) is 19.3. The largest absolute Gasteiger partial charge is 0.507 e. The third-order valence-electron chi connectivity index (χ3n) is 3.89. The first-order valence-corrected chi connectivity index (χ1v) is 6.76. The Hall–Kier alpha value is -1.55. The number of phenolic OH excluding ortho intramolecular Hbond substituents is 1. The average molecular weight is 263 g/mol. The molecule has 0 aliphatic carbocycles. The van der Waals surface area contributed by atoms with Crippen LogP contribution in [-0.4, -0.2) is 40.2 Å². The molecule has 2 rings (SSSR count). The highest BCUT2D eigenvalue weighted by Gasteiger charge is 2.27. The molecule has 0 radical (unpaired) electrons. The Balaban J connectivity index is 2.07. The molecule has 0 aromatic heterocycles. The molecule has 19 heavy (non-hydrogen) atoms. The summed E-state index contributed by atoms with van der Waals surface area (Å²) in [5.74, 6) is 0.189. The van der Waals surface area contributed by atoms with Gasteiger partial charge in [-0.1, -0.05) is 11.6 Å². The summed E-state index contributed by atoms with van der Waals surface area (Å²) in [6.07, 6.45) is 1.32. The number of carbonyl (C=O) groups is 1. The van der Waals surface area contributed by atoms with Gasteiger partial charge in [0.25, 0.3) is 5.91 Å². The number of benzene rings is 1. The lowest BCUT2D eigenvalue weighted by atomic mass is 9.92. The van der Waals surface area contributed by atoms with Crippen molar-refractivity contribution in [3.8, 4) is 5.75 Å². The normalized spacial score (nSPS) is 18.4. The monoisotopic (exact) mass is 263 g/mol. The molecule has 1 unspecified atom stereocenters. The van der Waals surface area contributed by atoms with Crippen molar-refractivity contribution in [2.24, 2.45) is 5.92 Å². The smallest absolute Gasteiger partial charge is 0.257 e. The second kappa shape index (κ2) is 5.61. The van der Waals surface area contributed by atoms with E-state index in [0.29, 0.717) is 18.7 Å². The molecule has 104 valence electrons. The fraction of sp³-hybridized carbons (Fsp3) is 0.533. The SMILES string of the molecule is Cc1ccc(O)c(C(=O)N2CCC(C(C)O)CC2)c1. The Morgan fingerprint density at radius 1 is 1.37 bits per heavy atom. The van der Waals surface area contributed by atoms with Gasteiger partial charge in [0.05, 0.1) is 11.7 Å². The third kappa shape index (κ3) is 3.07.